The molecule has 0 spiro atoms. The first-order valence-electron chi connectivity index (χ1n) is 9.08. The number of pyridine rings is 2. The molecule has 0 saturated heterocycles. The number of halogens is 1. The number of nitrogens with two attached hydrogens (primary N) is 1. The van der Waals surface area contributed by atoms with Crippen LogP contribution in [0.3, 0.4) is 0 Å². The molecule has 31 heavy (non-hydrogen) atoms. The fraction of sp³-hybridized carbons (Fsp3) is 0.0909. The molecule has 0 radical (unpaired) electrons. The van der Waals surface area contributed by atoms with Crippen molar-refractivity contribution in [2.24, 2.45) is 5.73 Å². The average Bonchev–Trinajstić information content (AvgIpc) is 3.21. The molecular formula is C22H18FN3O4S. The van der Waals surface area contributed by atoms with Crippen LogP contribution in [0, 0.1) is 12.7 Å². The molecule has 0 bridgehead atoms. The number of benzene rings is 1. The maximum atomic E-state index is 12.9. The van der Waals surface area contributed by atoms with Crippen LogP contribution < -0.4 is 11.3 Å². The third-order valence-electron chi connectivity index (χ3n) is 4.38. The SMILES string of the molecule is Cc1cc(Cc2ccc(F)cc2)c(=O)n2cc(C(=O)O)sc12.NC(=O)c1ccncc1. The molecule has 0 fully saturated rings. The Bertz CT molecular complexity index is 1300. The summed E-state index contributed by atoms with van der Waals surface area (Å²) in [4.78, 5) is 38.4. The molecule has 4 rings (SSSR count). The number of hydrogen-bond acceptors (Lipinski definition) is 5. The van der Waals surface area contributed by atoms with E-state index in [4.69, 9.17) is 10.8 Å². The largest absolute Gasteiger partial charge is 0.477 e. The Morgan fingerprint density at radius 1 is 1.16 bits per heavy atom. The van der Waals surface area contributed by atoms with Gasteiger partial charge in [-0.05, 0) is 48.4 Å². The Kier molecular flexibility index (Phi) is 6.56. The van der Waals surface area contributed by atoms with Gasteiger partial charge < -0.3 is 10.8 Å². The molecule has 9 heteroatoms. The Morgan fingerprint density at radius 3 is 2.35 bits per heavy atom. The van der Waals surface area contributed by atoms with E-state index in [9.17, 15) is 18.8 Å². The topological polar surface area (TPSA) is 115 Å². The smallest absolute Gasteiger partial charge is 0.347 e. The number of primary amides is 1. The average molecular weight is 439 g/mol. The summed E-state index contributed by atoms with van der Waals surface area (Å²) in [5.41, 5.74) is 7.42. The minimum absolute atomic E-state index is 0.124. The van der Waals surface area contributed by atoms with Crippen LogP contribution in [0.15, 0.2) is 65.8 Å². The second-order valence-electron chi connectivity index (χ2n) is 6.64. The molecule has 1 amide bonds. The van der Waals surface area contributed by atoms with Gasteiger partial charge in [-0.2, -0.15) is 0 Å². The number of rotatable bonds is 4. The number of carboxylic acids is 1. The number of carboxylic acid groups (broad SMARTS) is 1. The van der Waals surface area contributed by atoms with Gasteiger partial charge in [0.15, 0.2) is 0 Å². The van der Waals surface area contributed by atoms with Crippen molar-refractivity contribution in [1.82, 2.24) is 9.38 Å². The number of thiazole rings is 1. The monoisotopic (exact) mass is 439 g/mol. The van der Waals surface area contributed by atoms with Gasteiger partial charge in [0.25, 0.3) is 5.56 Å². The quantitative estimate of drug-likeness (QED) is 0.506. The van der Waals surface area contributed by atoms with Crippen molar-refractivity contribution >= 4 is 28.0 Å². The van der Waals surface area contributed by atoms with E-state index in [1.54, 1.807) is 30.3 Å². The molecule has 3 heterocycles. The normalized spacial score (nSPS) is 10.4. The molecule has 7 nitrogen and oxygen atoms in total. The molecule has 3 aromatic heterocycles. The van der Waals surface area contributed by atoms with E-state index in [1.807, 2.05) is 6.92 Å². The van der Waals surface area contributed by atoms with Crippen LogP contribution in [0.5, 0.6) is 0 Å². The maximum absolute atomic E-state index is 12.9. The van der Waals surface area contributed by atoms with Crippen molar-refractivity contribution in [2.45, 2.75) is 13.3 Å². The van der Waals surface area contributed by atoms with Gasteiger partial charge in [-0.1, -0.05) is 12.1 Å². The van der Waals surface area contributed by atoms with Crippen molar-refractivity contribution in [3.63, 3.8) is 0 Å². The summed E-state index contributed by atoms with van der Waals surface area (Å²) in [6.45, 7) is 1.84. The van der Waals surface area contributed by atoms with E-state index in [0.717, 1.165) is 22.5 Å². The predicted octanol–water partition coefficient (Wildman–Crippen LogP) is 3.28. The highest BCUT2D eigenvalue weighted by Crippen LogP contribution is 2.21. The van der Waals surface area contributed by atoms with Crippen LogP contribution in [0.1, 0.15) is 36.7 Å². The molecule has 0 aliphatic rings. The second-order valence-corrected chi connectivity index (χ2v) is 7.67. The van der Waals surface area contributed by atoms with Crippen molar-refractivity contribution in [1.29, 1.82) is 0 Å². The van der Waals surface area contributed by atoms with Gasteiger partial charge in [0.05, 0.1) is 0 Å². The maximum Gasteiger partial charge on any atom is 0.347 e. The number of aromatic nitrogens is 2. The van der Waals surface area contributed by atoms with Crippen LogP contribution in [-0.2, 0) is 6.42 Å². The minimum atomic E-state index is -1.05. The number of carbonyl (C=O) groups is 2. The van der Waals surface area contributed by atoms with Gasteiger partial charge in [-0.15, -0.1) is 11.3 Å². The van der Waals surface area contributed by atoms with E-state index in [2.05, 4.69) is 4.98 Å². The summed E-state index contributed by atoms with van der Waals surface area (Å²) in [7, 11) is 0. The molecule has 3 N–H and O–H groups in total. The van der Waals surface area contributed by atoms with Gasteiger partial charge in [-0.25, -0.2) is 9.18 Å². The lowest BCUT2D eigenvalue weighted by Gasteiger charge is -2.05. The number of carbonyl (C=O) groups excluding carboxylic acids is 1. The number of aromatic carboxylic acids is 1. The van der Waals surface area contributed by atoms with E-state index < -0.39 is 11.9 Å². The lowest BCUT2D eigenvalue weighted by molar-refractivity contribution is 0.0701. The van der Waals surface area contributed by atoms with Gasteiger partial charge >= 0.3 is 5.97 Å². The fourth-order valence-corrected chi connectivity index (χ4v) is 3.79. The van der Waals surface area contributed by atoms with Crippen molar-refractivity contribution in [3.05, 3.63) is 104 Å². The first kappa shape index (κ1) is 21.8. The zero-order chi connectivity index (χ0) is 22.5. The van der Waals surface area contributed by atoms with Crippen LogP contribution >= 0.6 is 11.3 Å². The minimum Gasteiger partial charge on any atom is -0.477 e. The molecule has 1 aromatic carbocycles. The summed E-state index contributed by atoms with van der Waals surface area (Å²) in [6.07, 6.45) is 4.78. The van der Waals surface area contributed by atoms with Crippen LogP contribution in [0.2, 0.25) is 0 Å². The van der Waals surface area contributed by atoms with Gasteiger partial charge in [0.1, 0.15) is 15.5 Å². The summed E-state index contributed by atoms with van der Waals surface area (Å²) in [5.74, 6) is -1.79. The van der Waals surface area contributed by atoms with Crippen molar-refractivity contribution in [3.8, 4) is 0 Å². The van der Waals surface area contributed by atoms with Crippen molar-refractivity contribution in [2.75, 3.05) is 0 Å². The lowest BCUT2D eigenvalue weighted by atomic mass is 10.1. The summed E-state index contributed by atoms with van der Waals surface area (Å²) >= 11 is 1.08. The Labute approximate surface area is 180 Å². The number of hydrogen-bond donors (Lipinski definition) is 2. The Morgan fingerprint density at radius 2 is 1.81 bits per heavy atom. The Hall–Kier alpha value is -3.85. The van der Waals surface area contributed by atoms with E-state index in [0.29, 0.717) is 22.4 Å². The molecule has 0 aliphatic carbocycles. The third-order valence-corrected chi connectivity index (χ3v) is 5.59. The molecule has 0 aliphatic heterocycles. The van der Waals surface area contributed by atoms with Crippen LogP contribution in [0.25, 0.3) is 4.83 Å². The predicted molar refractivity (Wildman–Crippen MR) is 115 cm³/mol. The highest BCUT2D eigenvalue weighted by Gasteiger charge is 2.14. The zero-order valence-electron chi connectivity index (χ0n) is 16.4. The molecule has 0 atom stereocenters. The van der Waals surface area contributed by atoms with Crippen molar-refractivity contribution < 1.29 is 19.1 Å². The summed E-state index contributed by atoms with van der Waals surface area (Å²) in [5, 5.41) is 9.06. The van der Waals surface area contributed by atoms with E-state index >= 15 is 0 Å². The summed E-state index contributed by atoms with van der Waals surface area (Å²) in [6, 6.07) is 10.9. The van der Waals surface area contributed by atoms with Crippen LogP contribution in [-0.4, -0.2) is 26.4 Å². The third kappa shape index (κ3) is 5.20. The van der Waals surface area contributed by atoms with Gasteiger partial charge in [0, 0.05) is 36.1 Å². The van der Waals surface area contributed by atoms with Gasteiger partial charge in [-0.3, -0.25) is 19.0 Å². The summed E-state index contributed by atoms with van der Waals surface area (Å²) < 4.78 is 14.3. The van der Waals surface area contributed by atoms with Crippen LogP contribution in [0.4, 0.5) is 4.39 Å². The second kappa shape index (κ2) is 9.31. The number of aryl methyl sites for hydroxylation is 1. The highest BCUT2D eigenvalue weighted by molar-refractivity contribution is 7.19. The molecule has 158 valence electrons. The Balaban J connectivity index is 0.000000254. The molecule has 0 saturated carbocycles. The first-order chi connectivity index (χ1) is 14.8. The molecular weight excluding hydrogens is 421 g/mol. The van der Waals surface area contributed by atoms with Gasteiger partial charge in [0.2, 0.25) is 5.91 Å². The molecule has 4 aromatic rings. The lowest BCUT2D eigenvalue weighted by Crippen LogP contribution is -2.17. The number of amides is 1. The first-order valence-corrected chi connectivity index (χ1v) is 9.90. The fourth-order valence-electron chi connectivity index (χ4n) is 2.88. The highest BCUT2D eigenvalue weighted by atomic mass is 32.1. The molecule has 0 unspecified atom stereocenters. The number of nitrogens with zero attached hydrogens (tertiary/aromatic N) is 2. The van der Waals surface area contributed by atoms with E-state index in [1.165, 1.54) is 35.1 Å². The van der Waals surface area contributed by atoms with E-state index in [-0.39, 0.29) is 16.3 Å². The zero-order valence-corrected chi connectivity index (χ0v) is 17.2. The number of fused-ring (bicyclic) bond motifs is 1. The standard InChI is InChI=1S/C16H12FNO3S.C6H6N2O/c1-9-6-11(7-10-2-4-12(17)5-3-10)14(19)18-8-13(16(20)21)22-15(9)18;7-6(9)5-1-3-8-4-2-5/h2-6,8H,7H2,1H3,(H,20,21);1-4H,(H2,7,9).